The number of nitrogens with one attached hydrogen (secondary N) is 2. The summed E-state index contributed by atoms with van der Waals surface area (Å²) in [5.41, 5.74) is 1.74. The van der Waals surface area contributed by atoms with Crippen molar-refractivity contribution >= 4 is 38.9 Å². The average Bonchev–Trinajstić information content (AvgIpc) is 2.70. The fraction of sp³-hybridized carbons (Fsp3) is 0.286. The summed E-state index contributed by atoms with van der Waals surface area (Å²) in [4.78, 5) is 12.2. The second kappa shape index (κ2) is 9.33. The van der Waals surface area contributed by atoms with E-state index in [4.69, 9.17) is 16.3 Å². The van der Waals surface area contributed by atoms with Crippen molar-refractivity contribution in [2.75, 3.05) is 17.1 Å². The number of anilines is 2. The quantitative estimate of drug-likeness (QED) is 0.628. The summed E-state index contributed by atoms with van der Waals surface area (Å²) < 4.78 is 33.5. The average molecular weight is 435 g/mol. The largest absolute Gasteiger partial charge is 0.495 e. The molecule has 0 spiro atoms. The number of hydrogen-bond acceptors (Lipinski definition) is 4. The number of sulfonamides is 1. The summed E-state index contributed by atoms with van der Waals surface area (Å²) in [5.74, 6) is -0.109. The summed E-state index contributed by atoms with van der Waals surface area (Å²) >= 11 is 6.06. The predicted molar refractivity (Wildman–Crippen MR) is 115 cm³/mol. The highest BCUT2D eigenvalue weighted by molar-refractivity contribution is 7.92. The molecular weight excluding hydrogens is 412 g/mol. The molecule has 3 rings (SSSR count). The van der Waals surface area contributed by atoms with Gasteiger partial charge in [0, 0.05) is 11.8 Å². The Labute approximate surface area is 176 Å². The third-order valence-electron chi connectivity index (χ3n) is 4.67. The van der Waals surface area contributed by atoms with Crippen LogP contribution in [0.25, 0.3) is 0 Å². The minimum absolute atomic E-state index is 0.0944. The molecule has 2 aromatic carbocycles. The van der Waals surface area contributed by atoms with Crippen LogP contribution in [0.15, 0.2) is 59.0 Å². The molecule has 0 heterocycles. The van der Waals surface area contributed by atoms with Crippen LogP contribution in [0.3, 0.4) is 0 Å². The second-order valence-corrected chi connectivity index (χ2v) is 8.86. The zero-order valence-corrected chi connectivity index (χ0v) is 17.6. The van der Waals surface area contributed by atoms with Crippen LogP contribution in [0.1, 0.15) is 32.1 Å². The molecule has 0 radical (unpaired) electrons. The van der Waals surface area contributed by atoms with Gasteiger partial charge in [-0.1, -0.05) is 35.7 Å². The number of hydrogen-bond donors (Lipinski definition) is 2. The molecule has 0 saturated heterocycles. The highest BCUT2D eigenvalue weighted by atomic mass is 35.5. The van der Waals surface area contributed by atoms with Crippen LogP contribution in [0.4, 0.5) is 11.4 Å². The number of carbonyl (C=O) groups excluding carboxylic acids is 1. The van der Waals surface area contributed by atoms with Crippen LogP contribution in [0.2, 0.25) is 5.02 Å². The first-order valence-electron chi connectivity index (χ1n) is 9.35. The molecule has 1 saturated carbocycles. The number of amides is 1. The van der Waals surface area contributed by atoms with Crippen LogP contribution >= 0.6 is 11.6 Å². The molecule has 1 fully saturated rings. The maximum atomic E-state index is 12.9. The van der Waals surface area contributed by atoms with Crippen molar-refractivity contribution < 1.29 is 17.9 Å². The summed E-state index contributed by atoms with van der Waals surface area (Å²) in [6.07, 6.45) is 6.85. The molecule has 2 aromatic rings. The lowest BCUT2D eigenvalue weighted by atomic mass is 9.94. The van der Waals surface area contributed by atoms with Gasteiger partial charge in [-0.05, 0) is 56.0 Å². The molecule has 0 unspecified atom stereocenters. The topological polar surface area (TPSA) is 84.5 Å². The second-order valence-electron chi connectivity index (χ2n) is 6.80. The van der Waals surface area contributed by atoms with E-state index in [1.54, 1.807) is 36.4 Å². The first-order chi connectivity index (χ1) is 13.9. The smallest absolute Gasteiger partial charge is 0.265 e. The summed E-state index contributed by atoms with van der Waals surface area (Å²) in [7, 11) is -2.61. The van der Waals surface area contributed by atoms with Crippen LogP contribution in [0, 0.1) is 0 Å². The SMILES string of the molecule is COc1ccc(NC(=O)C=C2CCCCC2)cc1S(=O)(=O)Nc1ccccc1Cl. The number of allylic oxidation sites excluding steroid dienone is 1. The van der Waals surface area contributed by atoms with Crippen molar-refractivity contribution in [2.45, 2.75) is 37.0 Å². The zero-order chi connectivity index (χ0) is 20.9. The van der Waals surface area contributed by atoms with Gasteiger partial charge in [0.2, 0.25) is 5.91 Å². The van der Waals surface area contributed by atoms with E-state index in [0.29, 0.717) is 5.69 Å². The van der Waals surface area contributed by atoms with Gasteiger partial charge in [-0.15, -0.1) is 0 Å². The maximum absolute atomic E-state index is 12.9. The van der Waals surface area contributed by atoms with Crippen molar-refractivity contribution in [1.82, 2.24) is 0 Å². The summed E-state index contributed by atoms with van der Waals surface area (Å²) in [5, 5.41) is 3.02. The molecule has 29 heavy (non-hydrogen) atoms. The molecule has 1 aliphatic rings. The van der Waals surface area contributed by atoms with Crippen LogP contribution in [0.5, 0.6) is 5.75 Å². The fourth-order valence-electron chi connectivity index (χ4n) is 3.22. The Morgan fingerprint density at radius 3 is 2.52 bits per heavy atom. The van der Waals surface area contributed by atoms with E-state index in [2.05, 4.69) is 10.0 Å². The molecule has 0 atom stereocenters. The molecule has 2 N–H and O–H groups in total. The van der Waals surface area contributed by atoms with Crippen molar-refractivity contribution in [3.8, 4) is 5.75 Å². The molecule has 8 heteroatoms. The lowest BCUT2D eigenvalue weighted by molar-refractivity contribution is -0.112. The number of carbonyl (C=O) groups is 1. The van der Waals surface area contributed by atoms with Crippen molar-refractivity contribution in [3.63, 3.8) is 0 Å². The summed E-state index contributed by atoms with van der Waals surface area (Å²) in [6, 6.07) is 11.0. The molecule has 1 aliphatic carbocycles. The molecule has 1 amide bonds. The molecule has 0 bridgehead atoms. The number of para-hydroxylation sites is 1. The standard InChI is InChI=1S/C21H23ClN2O4S/c1-28-19-12-11-16(23-21(25)13-15-7-3-2-4-8-15)14-20(19)29(26,27)24-18-10-6-5-9-17(18)22/h5-6,9-14,24H,2-4,7-8H2,1H3,(H,23,25). The Balaban J connectivity index is 1.84. The molecule has 154 valence electrons. The van der Waals surface area contributed by atoms with Gasteiger partial charge in [-0.25, -0.2) is 8.42 Å². The molecule has 6 nitrogen and oxygen atoms in total. The minimum atomic E-state index is -3.99. The molecule has 0 aliphatic heterocycles. The van der Waals surface area contributed by atoms with Gasteiger partial charge in [-0.3, -0.25) is 9.52 Å². The van der Waals surface area contributed by atoms with Gasteiger partial charge < -0.3 is 10.1 Å². The lowest BCUT2D eigenvalue weighted by Crippen LogP contribution is -2.16. The number of rotatable bonds is 6. The third-order valence-corrected chi connectivity index (χ3v) is 6.39. The van der Waals surface area contributed by atoms with Gasteiger partial charge in [0.15, 0.2) is 0 Å². The Morgan fingerprint density at radius 1 is 1.10 bits per heavy atom. The fourth-order valence-corrected chi connectivity index (χ4v) is 4.74. The number of methoxy groups -OCH3 is 1. The molecule has 0 aromatic heterocycles. The van der Waals surface area contributed by atoms with E-state index in [-0.39, 0.29) is 27.3 Å². The minimum Gasteiger partial charge on any atom is -0.495 e. The normalized spacial score (nSPS) is 14.2. The predicted octanol–water partition coefficient (Wildman–Crippen LogP) is 4.98. The zero-order valence-electron chi connectivity index (χ0n) is 16.1. The Bertz CT molecular complexity index is 1030. The highest BCUT2D eigenvalue weighted by Crippen LogP contribution is 2.31. The van der Waals surface area contributed by atoms with Gasteiger partial charge in [-0.2, -0.15) is 0 Å². The van der Waals surface area contributed by atoms with E-state index < -0.39 is 10.0 Å². The van der Waals surface area contributed by atoms with Crippen molar-refractivity contribution in [2.24, 2.45) is 0 Å². The number of benzene rings is 2. The monoisotopic (exact) mass is 434 g/mol. The number of ether oxygens (including phenoxy) is 1. The Kier molecular flexibility index (Phi) is 6.82. The van der Waals surface area contributed by atoms with Gasteiger partial charge in [0.05, 0.1) is 17.8 Å². The van der Waals surface area contributed by atoms with E-state index in [9.17, 15) is 13.2 Å². The van der Waals surface area contributed by atoms with Crippen LogP contribution in [-0.4, -0.2) is 21.4 Å². The van der Waals surface area contributed by atoms with Crippen molar-refractivity contribution in [1.29, 1.82) is 0 Å². The first kappa shape index (κ1) is 21.2. The van der Waals surface area contributed by atoms with Crippen LogP contribution in [-0.2, 0) is 14.8 Å². The van der Waals surface area contributed by atoms with Gasteiger partial charge >= 0.3 is 0 Å². The molecular formula is C21H23ClN2O4S. The van der Waals surface area contributed by atoms with E-state index in [0.717, 1.165) is 31.3 Å². The van der Waals surface area contributed by atoms with Crippen molar-refractivity contribution in [3.05, 3.63) is 59.1 Å². The Morgan fingerprint density at radius 2 is 1.83 bits per heavy atom. The highest BCUT2D eigenvalue weighted by Gasteiger charge is 2.22. The first-order valence-corrected chi connectivity index (χ1v) is 11.2. The van der Waals surface area contributed by atoms with E-state index >= 15 is 0 Å². The number of halogens is 1. The maximum Gasteiger partial charge on any atom is 0.265 e. The Hall–Kier alpha value is -2.51. The van der Waals surface area contributed by atoms with E-state index in [1.807, 2.05) is 0 Å². The van der Waals surface area contributed by atoms with Gasteiger partial charge in [0.25, 0.3) is 10.0 Å². The summed E-state index contributed by atoms with van der Waals surface area (Å²) in [6.45, 7) is 0. The van der Waals surface area contributed by atoms with E-state index in [1.165, 1.54) is 25.7 Å². The lowest BCUT2D eigenvalue weighted by Gasteiger charge is -2.15. The van der Waals surface area contributed by atoms with Gasteiger partial charge in [0.1, 0.15) is 10.6 Å². The third kappa shape index (κ3) is 5.52. The van der Waals surface area contributed by atoms with Crippen LogP contribution < -0.4 is 14.8 Å².